The number of rotatable bonds is 7. The summed E-state index contributed by atoms with van der Waals surface area (Å²) in [5.41, 5.74) is 4.44. The fourth-order valence-electron chi connectivity index (χ4n) is 3.69. The maximum atomic E-state index is 13.8. The van der Waals surface area contributed by atoms with Crippen LogP contribution in [0.5, 0.6) is 5.75 Å². The Morgan fingerprint density at radius 2 is 1.96 bits per heavy atom. The number of nitrogens with zero attached hydrogens (tertiary/aromatic N) is 1. The standard InChI is InChI=1S/C22H29FN2O/c1-4-25(5-2)10-11-26-20-6-7-21-17(15-20)8-9-24-22(21)18-12-16(3)13-19(23)14-18/h6-7,12-15,22,24H,4-5,8-11H2,1-3H3. The molecule has 0 amide bonds. The van der Waals surface area contributed by atoms with Gasteiger partial charge in [-0.3, -0.25) is 0 Å². The third-order valence-electron chi connectivity index (χ3n) is 5.14. The molecule has 1 aliphatic rings. The van der Waals surface area contributed by atoms with Crippen molar-refractivity contribution >= 4 is 0 Å². The van der Waals surface area contributed by atoms with Crippen molar-refractivity contribution in [3.05, 3.63) is 64.5 Å². The van der Waals surface area contributed by atoms with Crippen LogP contribution in [0.25, 0.3) is 0 Å². The number of aryl methyl sites for hydroxylation is 1. The molecule has 0 saturated carbocycles. The van der Waals surface area contributed by atoms with E-state index in [0.717, 1.165) is 49.5 Å². The van der Waals surface area contributed by atoms with Crippen molar-refractivity contribution < 1.29 is 9.13 Å². The highest BCUT2D eigenvalue weighted by Crippen LogP contribution is 2.32. The van der Waals surface area contributed by atoms with E-state index in [4.69, 9.17) is 4.74 Å². The van der Waals surface area contributed by atoms with Crippen LogP contribution in [0.3, 0.4) is 0 Å². The molecule has 0 radical (unpaired) electrons. The molecule has 1 heterocycles. The van der Waals surface area contributed by atoms with Crippen LogP contribution in [0, 0.1) is 12.7 Å². The molecule has 0 fully saturated rings. The number of halogens is 1. The number of hydrogen-bond acceptors (Lipinski definition) is 3. The maximum Gasteiger partial charge on any atom is 0.123 e. The van der Waals surface area contributed by atoms with Crippen LogP contribution in [-0.2, 0) is 6.42 Å². The van der Waals surface area contributed by atoms with E-state index in [1.165, 1.54) is 11.1 Å². The minimum Gasteiger partial charge on any atom is -0.492 e. The van der Waals surface area contributed by atoms with Crippen molar-refractivity contribution in [2.45, 2.75) is 33.2 Å². The molecule has 1 unspecified atom stereocenters. The molecule has 0 aromatic heterocycles. The number of ether oxygens (including phenoxy) is 1. The molecule has 0 bridgehead atoms. The highest BCUT2D eigenvalue weighted by Gasteiger charge is 2.22. The molecule has 0 saturated heterocycles. The zero-order chi connectivity index (χ0) is 18.5. The number of benzene rings is 2. The zero-order valence-corrected chi connectivity index (χ0v) is 16.0. The van der Waals surface area contributed by atoms with Gasteiger partial charge in [0.2, 0.25) is 0 Å². The second-order valence-electron chi connectivity index (χ2n) is 6.94. The van der Waals surface area contributed by atoms with Crippen LogP contribution in [0.1, 0.15) is 42.1 Å². The first-order valence-electron chi connectivity index (χ1n) is 9.59. The van der Waals surface area contributed by atoms with E-state index in [9.17, 15) is 4.39 Å². The Kier molecular flexibility index (Phi) is 6.28. The average molecular weight is 356 g/mol. The second kappa shape index (κ2) is 8.65. The van der Waals surface area contributed by atoms with Crippen molar-refractivity contribution in [1.29, 1.82) is 0 Å². The first-order valence-corrected chi connectivity index (χ1v) is 9.59. The molecule has 1 aliphatic heterocycles. The van der Waals surface area contributed by atoms with E-state index in [1.54, 1.807) is 12.1 Å². The second-order valence-corrected chi connectivity index (χ2v) is 6.94. The number of hydrogen-bond donors (Lipinski definition) is 1. The summed E-state index contributed by atoms with van der Waals surface area (Å²) in [6.07, 6.45) is 0.966. The molecule has 0 spiro atoms. The predicted molar refractivity (Wildman–Crippen MR) is 104 cm³/mol. The van der Waals surface area contributed by atoms with Crippen LogP contribution >= 0.6 is 0 Å². The van der Waals surface area contributed by atoms with Gasteiger partial charge >= 0.3 is 0 Å². The lowest BCUT2D eigenvalue weighted by Crippen LogP contribution is -2.31. The highest BCUT2D eigenvalue weighted by molar-refractivity contribution is 5.44. The number of nitrogens with one attached hydrogen (secondary N) is 1. The summed E-state index contributed by atoms with van der Waals surface area (Å²) in [6.45, 7) is 10.9. The van der Waals surface area contributed by atoms with E-state index >= 15 is 0 Å². The van der Waals surface area contributed by atoms with Crippen molar-refractivity contribution in [2.75, 3.05) is 32.8 Å². The summed E-state index contributed by atoms with van der Waals surface area (Å²) >= 11 is 0. The summed E-state index contributed by atoms with van der Waals surface area (Å²) in [4.78, 5) is 2.35. The Hall–Kier alpha value is -1.91. The van der Waals surface area contributed by atoms with Gasteiger partial charge in [0.15, 0.2) is 0 Å². The molecule has 26 heavy (non-hydrogen) atoms. The Morgan fingerprint density at radius 3 is 2.69 bits per heavy atom. The Morgan fingerprint density at radius 1 is 1.15 bits per heavy atom. The van der Waals surface area contributed by atoms with Crippen LogP contribution in [0.15, 0.2) is 36.4 Å². The lowest BCUT2D eigenvalue weighted by molar-refractivity contribution is 0.222. The van der Waals surface area contributed by atoms with Crippen LogP contribution < -0.4 is 10.1 Å². The largest absolute Gasteiger partial charge is 0.492 e. The Bertz CT molecular complexity index is 723. The third kappa shape index (κ3) is 4.43. The van der Waals surface area contributed by atoms with E-state index in [2.05, 4.69) is 42.3 Å². The van der Waals surface area contributed by atoms with Crippen molar-refractivity contribution in [3.8, 4) is 5.75 Å². The monoisotopic (exact) mass is 356 g/mol. The van der Waals surface area contributed by atoms with Crippen LogP contribution in [0.2, 0.25) is 0 Å². The maximum absolute atomic E-state index is 13.8. The van der Waals surface area contributed by atoms with Crippen LogP contribution in [0.4, 0.5) is 4.39 Å². The van der Waals surface area contributed by atoms with E-state index in [0.29, 0.717) is 6.61 Å². The molecule has 2 aromatic carbocycles. The van der Waals surface area contributed by atoms with Crippen molar-refractivity contribution in [2.24, 2.45) is 0 Å². The van der Waals surface area contributed by atoms with Gasteiger partial charge in [0.25, 0.3) is 0 Å². The van der Waals surface area contributed by atoms with Gasteiger partial charge in [0.1, 0.15) is 18.2 Å². The minimum atomic E-state index is -0.176. The topological polar surface area (TPSA) is 24.5 Å². The molecule has 3 nitrogen and oxygen atoms in total. The molecule has 3 rings (SSSR count). The normalized spacial score (nSPS) is 16.6. The fourth-order valence-corrected chi connectivity index (χ4v) is 3.69. The predicted octanol–water partition coefficient (Wildman–Crippen LogP) is 4.09. The van der Waals surface area contributed by atoms with Gasteiger partial charge < -0.3 is 15.0 Å². The van der Waals surface area contributed by atoms with Crippen molar-refractivity contribution in [1.82, 2.24) is 10.2 Å². The Labute approximate surface area is 156 Å². The summed E-state index contributed by atoms with van der Waals surface area (Å²) in [5, 5.41) is 3.52. The molecule has 1 N–H and O–H groups in total. The lowest BCUT2D eigenvalue weighted by Gasteiger charge is -2.28. The smallest absolute Gasteiger partial charge is 0.123 e. The molecule has 2 aromatic rings. The first-order chi connectivity index (χ1) is 12.6. The van der Waals surface area contributed by atoms with Gasteiger partial charge in [-0.05, 0) is 73.0 Å². The number of fused-ring (bicyclic) bond motifs is 1. The molecule has 4 heteroatoms. The van der Waals surface area contributed by atoms with E-state index < -0.39 is 0 Å². The van der Waals surface area contributed by atoms with Gasteiger partial charge in [-0.25, -0.2) is 4.39 Å². The summed E-state index contributed by atoms with van der Waals surface area (Å²) < 4.78 is 19.8. The molecule has 0 aliphatic carbocycles. The van der Waals surface area contributed by atoms with Gasteiger partial charge in [0, 0.05) is 13.1 Å². The lowest BCUT2D eigenvalue weighted by atomic mass is 9.89. The quantitative estimate of drug-likeness (QED) is 0.809. The van der Waals surface area contributed by atoms with E-state index in [-0.39, 0.29) is 11.9 Å². The SMILES string of the molecule is CCN(CC)CCOc1ccc2c(c1)CCNC2c1cc(C)cc(F)c1. The molecular weight excluding hydrogens is 327 g/mol. The number of likely N-dealkylation sites (N-methyl/N-ethyl adjacent to an activating group) is 1. The van der Waals surface area contributed by atoms with Crippen molar-refractivity contribution in [3.63, 3.8) is 0 Å². The zero-order valence-electron chi connectivity index (χ0n) is 16.0. The minimum absolute atomic E-state index is 0.0397. The summed E-state index contributed by atoms with van der Waals surface area (Å²) in [6, 6.07) is 11.6. The summed E-state index contributed by atoms with van der Waals surface area (Å²) in [7, 11) is 0. The summed E-state index contributed by atoms with van der Waals surface area (Å²) in [5.74, 6) is 0.747. The molecular formula is C22H29FN2O. The molecule has 140 valence electrons. The van der Waals surface area contributed by atoms with Gasteiger partial charge in [-0.1, -0.05) is 26.0 Å². The Balaban J connectivity index is 1.75. The van der Waals surface area contributed by atoms with Crippen LogP contribution in [-0.4, -0.2) is 37.7 Å². The van der Waals surface area contributed by atoms with Gasteiger partial charge in [-0.15, -0.1) is 0 Å². The molecule has 1 atom stereocenters. The van der Waals surface area contributed by atoms with Gasteiger partial charge in [-0.2, -0.15) is 0 Å². The first kappa shape index (κ1) is 18.9. The average Bonchev–Trinajstić information content (AvgIpc) is 2.64. The third-order valence-corrected chi connectivity index (χ3v) is 5.14. The van der Waals surface area contributed by atoms with E-state index in [1.807, 2.05) is 13.0 Å². The van der Waals surface area contributed by atoms with Gasteiger partial charge in [0.05, 0.1) is 6.04 Å². The highest BCUT2D eigenvalue weighted by atomic mass is 19.1. The fraction of sp³-hybridized carbons (Fsp3) is 0.455.